The molecule has 1 aliphatic rings. The van der Waals surface area contributed by atoms with Crippen molar-refractivity contribution in [2.24, 2.45) is 5.92 Å². The van der Waals surface area contributed by atoms with Gasteiger partial charge in [0.2, 0.25) is 0 Å². The van der Waals surface area contributed by atoms with E-state index in [1.54, 1.807) is 56.3 Å². The summed E-state index contributed by atoms with van der Waals surface area (Å²) in [6, 6.07) is 10.4. The van der Waals surface area contributed by atoms with Crippen LogP contribution in [0.3, 0.4) is 0 Å². The smallest absolute Gasteiger partial charge is 0.350 e. The first-order valence-electron chi connectivity index (χ1n) is 13.0. The minimum absolute atomic E-state index is 0.0963. The summed E-state index contributed by atoms with van der Waals surface area (Å²) in [6.07, 6.45) is 0. The van der Waals surface area contributed by atoms with Gasteiger partial charge < -0.3 is 24.1 Å². The van der Waals surface area contributed by atoms with Crippen LogP contribution in [0.15, 0.2) is 48.0 Å². The minimum Gasteiger partial charge on any atom is -0.507 e. The molecule has 3 aromatic rings. The van der Waals surface area contributed by atoms with Crippen molar-refractivity contribution >= 4 is 39.9 Å². The average Bonchev–Trinajstić information content (AvgIpc) is 3.47. The number of Topliss-reactive ketones (excluding diaryl/α,β-unsaturated/α-hetero) is 1. The van der Waals surface area contributed by atoms with E-state index in [0.717, 1.165) is 11.3 Å². The second kappa shape index (κ2) is 12.4. The number of aliphatic hydroxyl groups is 1. The highest BCUT2D eigenvalue weighted by molar-refractivity contribution is 7.17. The SMILES string of the molecule is CCOC(=O)c1sc(N2C(=O)C(=O)/C(=C(/O)c3ccc(OCC(C)C)cc3)C2c2cc(OC)ccc2OC)nc1C. The molecule has 41 heavy (non-hydrogen) atoms. The predicted octanol–water partition coefficient (Wildman–Crippen LogP) is 5.31. The molecule has 4 rings (SSSR count). The van der Waals surface area contributed by atoms with E-state index >= 15 is 0 Å². The Hall–Kier alpha value is -4.38. The van der Waals surface area contributed by atoms with Crippen molar-refractivity contribution < 1.29 is 38.4 Å². The van der Waals surface area contributed by atoms with E-state index in [4.69, 9.17) is 18.9 Å². The Morgan fingerprint density at radius 2 is 1.76 bits per heavy atom. The van der Waals surface area contributed by atoms with Gasteiger partial charge >= 0.3 is 11.9 Å². The van der Waals surface area contributed by atoms with E-state index in [-0.39, 0.29) is 27.9 Å². The molecule has 1 atom stereocenters. The summed E-state index contributed by atoms with van der Waals surface area (Å²) < 4.78 is 21.9. The molecule has 0 aliphatic carbocycles. The van der Waals surface area contributed by atoms with Crippen LogP contribution in [0.5, 0.6) is 17.2 Å². The number of methoxy groups -OCH3 is 2. The number of esters is 1. The standard InChI is InChI=1S/C30H32N2O8S/c1-7-39-29(36)27-17(4)31-30(41-27)32-24(21-14-20(37-5)12-13-22(21)38-6)23(26(34)28(32)35)25(33)18-8-10-19(11-9-18)40-15-16(2)3/h8-14,16,24,33H,7,15H2,1-6H3/b25-23+. The number of carbonyl (C=O) groups is 3. The molecule has 11 heteroatoms. The summed E-state index contributed by atoms with van der Waals surface area (Å²) in [5, 5.41) is 11.6. The van der Waals surface area contributed by atoms with Crippen LogP contribution >= 0.6 is 11.3 Å². The third-order valence-corrected chi connectivity index (χ3v) is 7.48. The molecule has 1 aromatic heterocycles. The molecule has 216 valence electrons. The third-order valence-electron chi connectivity index (χ3n) is 6.34. The number of ether oxygens (including phenoxy) is 4. The van der Waals surface area contributed by atoms with Crippen molar-refractivity contribution in [2.75, 3.05) is 32.3 Å². The molecule has 1 aliphatic heterocycles. The molecule has 1 amide bonds. The number of rotatable bonds is 10. The number of anilines is 1. The van der Waals surface area contributed by atoms with Crippen LogP contribution in [0.1, 0.15) is 53.3 Å². The second-order valence-corrected chi connectivity index (χ2v) is 10.6. The van der Waals surface area contributed by atoms with Crippen LogP contribution in [-0.4, -0.2) is 55.2 Å². The van der Waals surface area contributed by atoms with Crippen LogP contribution < -0.4 is 19.1 Å². The van der Waals surface area contributed by atoms with Crippen molar-refractivity contribution in [1.29, 1.82) is 0 Å². The Labute approximate surface area is 242 Å². The summed E-state index contributed by atoms with van der Waals surface area (Å²) in [7, 11) is 2.95. The van der Waals surface area contributed by atoms with Crippen LogP contribution in [0.4, 0.5) is 5.13 Å². The lowest BCUT2D eigenvalue weighted by Gasteiger charge is -2.25. The van der Waals surface area contributed by atoms with Crippen molar-refractivity contribution in [3.63, 3.8) is 0 Å². The molecule has 10 nitrogen and oxygen atoms in total. The van der Waals surface area contributed by atoms with Gasteiger partial charge in [-0.15, -0.1) is 0 Å². The number of hydrogen-bond donors (Lipinski definition) is 1. The molecule has 0 bridgehead atoms. The normalized spacial score (nSPS) is 16.3. The first kappa shape index (κ1) is 29.6. The number of thiazole rings is 1. The highest BCUT2D eigenvalue weighted by Crippen LogP contribution is 2.47. The van der Waals surface area contributed by atoms with Gasteiger partial charge in [-0.3, -0.25) is 14.5 Å². The zero-order chi connectivity index (χ0) is 29.8. The topological polar surface area (TPSA) is 124 Å². The van der Waals surface area contributed by atoms with Gasteiger partial charge in [0.15, 0.2) is 5.13 Å². The van der Waals surface area contributed by atoms with E-state index in [0.29, 0.717) is 46.6 Å². The molecule has 1 saturated heterocycles. The molecule has 0 radical (unpaired) electrons. The van der Waals surface area contributed by atoms with E-state index in [1.807, 2.05) is 13.8 Å². The minimum atomic E-state index is -1.14. The van der Waals surface area contributed by atoms with Gasteiger partial charge in [-0.05, 0) is 62.2 Å². The van der Waals surface area contributed by atoms with Crippen molar-refractivity contribution in [3.8, 4) is 17.2 Å². The number of amides is 1. The Morgan fingerprint density at radius 3 is 2.37 bits per heavy atom. The lowest BCUT2D eigenvalue weighted by Crippen LogP contribution is -2.29. The van der Waals surface area contributed by atoms with Gasteiger partial charge in [0.25, 0.3) is 5.78 Å². The molecule has 1 N–H and O–H groups in total. The highest BCUT2D eigenvalue weighted by atomic mass is 32.1. The number of benzene rings is 2. The van der Waals surface area contributed by atoms with Gasteiger partial charge in [-0.25, -0.2) is 9.78 Å². The molecule has 1 unspecified atom stereocenters. The summed E-state index contributed by atoms with van der Waals surface area (Å²) in [4.78, 5) is 45.5. The van der Waals surface area contributed by atoms with E-state index in [1.165, 1.54) is 19.1 Å². The summed E-state index contributed by atoms with van der Waals surface area (Å²) in [6.45, 7) is 8.06. The molecule has 0 spiro atoms. The monoisotopic (exact) mass is 580 g/mol. The lowest BCUT2D eigenvalue weighted by molar-refractivity contribution is -0.132. The fraction of sp³-hybridized carbons (Fsp3) is 0.333. The number of ketones is 1. The maximum Gasteiger partial charge on any atom is 0.350 e. The summed E-state index contributed by atoms with van der Waals surface area (Å²) in [5.41, 5.74) is 0.881. The Bertz CT molecular complexity index is 1490. The van der Waals surface area contributed by atoms with Gasteiger partial charge in [-0.2, -0.15) is 0 Å². The largest absolute Gasteiger partial charge is 0.507 e. The summed E-state index contributed by atoms with van der Waals surface area (Å²) >= 11 is 0.926. The molecule has 2 aromatic carbocycles. The maximum atomic E-state index is 13.6. The Morgan fingerprint density at radius 1 is 1.07 bits per heavy atom. The number of aliphatic hydroxyl groups excluding tert-OH is 1. The second-order valence-electron chi connectivity index (χ2n) is 9.64. The number of carbonyl (C=O) groups excluding carboxylic acids is 3. The van der Waals surface area contributed by atoms with Gasteiger partial charge in [0.1, 0.15) is 33.9 Å². The Kier molecular flexibility index (Phi) is 8.97. The van der Waals surface area contributed by atoms with E-state index < -0.39 is 23.7 Å². The number of aromatic nitrogens is 1. The first-order chi connectivity index (χ1) is 19.6. The van der Waals surface area contributed by atoms with Crippen LogP contribution in [0, 0.1) is 12.8 Å². The number of nitrogens with zero attached hydrogens (tertiary/aromatic N) is 2. The zero-order valence-electron chi connectivity index (χ0n) is 23.7. The Balaban J connectivity index is 1.90. The third kappa shape index (κ3) is 5.90. The van der Waals surface area contributed by atoms with Crippen LogP contribution in [0.25, 0.3) is 5.76 Å². The average molecular weight is 581 g/mol. The van der Waals surface area contributed by atoms with Crippen LogP contribution in [-0.2, 0) is 14.3 Å². The number of hydrogen-bond acceptors (Lipinski definition) is 10. The quantitative estimate of drug-likeness (QED) is 0.147. The zero-order valence-corrected chi connectivity index (χ0v) is 24.5. The van der Waals surface area contributed by atoms with Crippen molar-refractivity contribution in [1.82, 2.24) is 4.98 Å². The van der Waals surface area contributed by atoms with Gasteiger partial charge in [0.05, 0.1) is 38.7 Å². The number of aryl methyl sites for hydroxylation is 1. The van der Waals surface area contributed by atoms with E-state index in [2.05, 4.69) is 4.98 Å². The molecular formula is C30H32N2O8S. The maximum absolute atomic E-state index is 13.6. The van der Waals surface area contributed by atoms with Gasteiger partial charge in [0, 0.05) is 11.1 Å². The fourth-order valence-corrected chi connectivity index (χ4v) is 5.36. The predicted molar refractivity (Wildman–Crippen MR) is 154 cm³/mol. The molecule has 2 heterocycles. The van der Waals surface area contributed by atoms with Crippen LogP contribution in [0.2, 0.25) is 0 Å². The molecule has 1 fully saturated rings. The molecular weight excluding hydrogens is 548 g/mol. The van der Waals surface area contributed by atoms with Gasteiger partial charge in [-0.1, -0.05) is 25.2 Å². The fourth-order valence-electron chi connectivity index (χ4n) is 4.38. The van der Waals surface area contributed by atoms with Crippen molar-refractivity contribution in [2.45, 2.75) is 33.7 Å². The highest BCUT2D eigenvalue weighted by Gasteiger charge is 2.49. The lowest BCUT2D eigenvalue weighted by atomic mass is 9.94. The molecule has 0 saturated carbocycles. The van der Waals surface area contributed by atoms with Crippen molar-refractivity contribution in [3.05, 3.63) is 69.7 Å². The summed E-state index contributed by atoms with van der Waals surface area (Å²) in [5.74, 6) is -1.06. The first-order valence-corrected chi connectivity index (χ1v) is 13.8. The van der Waals surface area contributed by atoms with E-state index in [9.17, 15) is 19.5 Å².